The third-order valence-electron chi connectivity index (χ3n) is 2.50. The Morgan fingerprint density at radius 1 is 1.60 bits per heavy atom. The van der Waals surface area contributed by atoms with Gasteiger partial charge in [0.2, 0.25) is 0 Å². The summed E-state index contributed by atoms with van der Waals surface area (Å²) in [4.78, 5) is 8.96. The first-order valence-electron chi connectivity index (χ1n) is 5.86. The minimum atomic E-state index is -3.75. The Morgan fingerprint density at radius 3 is 2.95 bits per heavy atom. The van der Waals surface area contributed by atoms with Crippen molar-refractivity contribution in [3.8, 4) is 17.6 Å². The van der Waals surface area contributed by atoms with Gasteiger partial charge in [0.25, 0.3) is 10.0 Å². The van der Waals surface area contributed by atoms with Gasteiger partial charge in [0, 0.05) is 5.25 Å². The van der Waals surface area contributed by atoms with Gasteiger partial charge < -0.3 is 4.74 Å². The van der Waals surface area contributed by atoms with Gasteiger partial charge >= 0.3 is 0 Å². The molecule has 0 bridgehead atoms. The van der Waals surface area contributed by atoms with Crippen LogP contribution < -0.4 is 4.74 Å². The van der Waals surface area contributed by atoms with Gasteiger partial charge in [-0.05, 0) is 19.1 Å². The smallest absolute Gasteiger partial charge is 0.282 e. The van der Waals surface area contributed by atoms with Crippen LogP contribution in [0.25, 0.3) is 0 Å². The summed E-state index contributed by atoms with van der Waals surface area (Å²) in [5.41, 5.74) is 0. The molecule has 1 saturated heterocycles. The third kappa shape index (κ3) is 3.43. The van der Waals surface area contributed by atoms with Crippen LogP contribution in [0.2, 0.25) is 0 Å². The number of pyridine rings is 1. The molecular weight excluding hydrogens is 300 g/mol. The number of rotatable bonds is 4. The van der Waals surface area contributed by atoms with Crippen LogP contribution >= 0.6 is 12.6 Å². The zero-order chi connectivity index (χ0) is 14.6. The van der Waals surface area contributed by atoms with Crippen LogP contribution in [0.3, 0.4) is 0 Å². The van der Waals surface area contributed by atoms with Crippen LogP contribution in [0.5, 0.6) is 5.75 Å². The van der Waals surface area contributed by atoms with Gasteiger partial charge in [0.05, 0.1) is 19.3 Å². The van der Waals surface area contributed by atoms with Crippen molar-refractivity contribution in [1.82, 2.24) is 9.45 Å². The van der Waals surface area contributed by atoms with E-state index in [1.807, 2.05) is 0 Å². The van der Waals surface area contributed by atoms with Crippen LogP contribution in [0.4, 0.5) is 0 Å². The van der Waals surface area contributed by atoms with Crippen LogP contribution in [0.1, 0.15) is 6.92 Å². The minimum Gasteiger partial charge on any atom is -0.479 e. The summed E-state index contributed by atoms with van der Waals surface area (Å²) < 4.78 is 30.6. The van der Waals surface area contributed by atoms with Gasteiger partial charge in [-0.25, -0.2) is 13.4 Å². The summed E-state index contributed by atoms with van der Waals surface area (Å²) in [6.45, 7) is 2.42. The molecule has 8 heteroatoms. The van der Waals surface area contributed by atoms with E-state index in [1.165, 1.54) is 18.3 Å². The predicted molar refractivity (Wildman–Crippen MR) is 75.8 cm³/mol. The second-order valence-corrected chi connectivity index (χ2v) is 6.49. The number of sulfonamides is 1. The first kappa shape index (κ1) is 15.1. The van der Waals surface area contributed by atoms with Crippen molar-refractivity contribution in [1.29, 1.82) is 0 Å². The zero-order valence-corrected chi connectivity index (χ0v) is 12.5. The quantitative estimate of drug-likeness (QED) is 0.655. The summed E-state index contributed by atoms with van der Waals surface area (Å²) in [6.07, 6.45) is 1.35. The molecule has 0 N–H and O–H groups in total. The van der Waals surface area contributed by atoms with E-state index in [2.05, 4.69) is 29.5 Å². The van der Waals surface area contributed by atoms with Gasteiger partial charge in [-0.3, -0.25) is 4.84 Å². The number of aromatic nitrogens is 1. The zero-order valence-electron chi connectivity index (χ0n) is 10.8. The minimum absolute atomic E-state index is 0.0890. The first-order valence-corrected chi connectivity index (χ1v) is 7.82. The van der Waals surface area contributed by atoms with Crippen molar-refractivity contribution >= 4 is 22.7 Å². The second kappa shape index (κ2) is 6.45. The molecule has 2 heterocycles. The number of thiol groups is 1. The lowest BCUT2D eigenvalue weighted by Gasteiger charge is -2.13. The van der Waals surface area contributed by atoms with Gasteiger partial charge in [-0.1, -0.05) is 10.4 Å². The monoisotopic (exact) mass is 314 g/mol. The van der Waals surface area contributed by atoms with Crippen molar-refractivity contribution < 1.29 is 18.0 Å². The summed E-state index contributed by atoms with van der Waals surface area (Å²) in [6, 6.07) is 2.91. The fourth-order valence-corrected chi connectivity index (χ4v) is 3.05. The summed E-state index contributed by atoms with van der Waals surface area (Å²) in [5, 5.41) is -0.214. The molecule has 0 aliphatic carbocycles. The van der Waals surface area contributed by atoms with Crippen molar-refractivity contribution in [2.75, 3.05) is 19.8 Å². The average molecular weight is 314 g/mol. The fourth-order valence-electron chi connectivity index (χ4n) is 1.51. The Kier molecular flexibility index (Phi) is 4.88. The highest BCUT2D eigenvalue weighted by atomic mass is 32.2. The Morgan fingerprint density at radius 2 is 2.40 bits per heavy atom. The Labute approximate surface area is 123 Å². The predicted octanol–water partition coefficient (Wildman–Crippen LogP) is 0.718. The maximum absolute atomic E-state index is 12.2. The molecule has 1 aromatic heterocycles. The Hall–Kier alpha value is -1.27. The highest BCUT2D eigenvalue weighted by Crippen LogP contribution is 2.21. The molecule has 1 aliphatic rings. The summed E-state index contributed by atoms with van der Waals surface area (Å²) in [5.74, 6) is 5.89. The van der Waals surface area contributed by atoms with Crippen LogP contribution in [0, 0.1) is 11.8 Å². The Balaban J connectivity index is 2.10. The van der Waals surface area contributed by atoms with Crippen LogP contribution in [0.15, 0.2) is 23.4 Å². The highest BCUT2D eigenvalue weighted by molar-refractivity contribution is 7.89. The lowest BCUT2D eigenvalue weighted by molar-refractivity contribution is -0.0285. The van der Waals surface area contributed by atoms with E-state index in [-0.39, 0.29) is 30.0 Å². The van der Waals surface area contributed by atoms with E-state index in [4.69, 9.17) is 9.57 Å². The SMILES string of the molecule is CC#CCOc1ccc(S(=O)(=O)N2CC(S)CO2)nc1. The molecule has 6 nitrogen and oxygen atoms in total. The molecular formula is C12H14N2O4S2. The van der Waals surface area contributed by atoms with E-state index in [0.29, 0.717) is 5.75 Å². The van der Waals surface area contributed by atoms with Crippen LogP contribution in [-0.4, -0.2) is 42.9 Å². The molecule has 0 aromatic carbocycles. The van der Waals surface area contributed by atoms with Crippen molar-refractivity contribution in [3.05, 3.63) is 18.3 Å². The molecule has 0 radical (unpaired) electrons. The largest absolute Gasteiger partial charge is 0.479 e. The molecule has 1 aliphatic heterocycles. The van der Waals surface area contributed by atoms with E-state index in [0.717, 1.165) is 4.47 Å². The van der Waals surface area contributed by atoms with E-state index >= 15 is 0 Å². The van der Waals surface area contributed by atoms with Gasteiger partial charge in [-0.15, -0.1) is 5.92 Å². The van der Waals surface area contributed by atoms with Crippen molar-refractivity contribution in [2.45, 2.75) is 17.2 Å². The van der Waals surface area contributed by atoms with Crippen LogP contribution in [-0.2, 0) is 14.9 Å². The Bertz CT molecular complexity index is 619. The van der Waals surface area contributed by atoms with E-state index in [1.54, 1.807) is 6.92 Å². The van der Waals surface area contributed by atoms with Crippen molar-refractivity contribution in [2.24, 2.45) is 0 Å². The number of hydrogen-bond acceptors (Lipinski definition) is 6. The molecule has 0 spiro atoms. The highest BCUT2D eigenvalue weighted by Gasteiger charge is 2.33. The number of hydroxylamine groups is 1. The van der Waals surface area contributed by atoms with Crippen molar-refractivity contribution in [3.63, 3.8) is 0 Å². The maximum Gasteiger partial charge on any atom is 0.282 e. The summed E-state index contributed by atoms with van der Waals surface area (Å²) >= 11 is 4.18. The van der Waals surface area contributed by atoms with Gasteiger partial charge in [-0.2, -0.15) is 12.6 Å². The average Bonchev–Trinajstić information content (AvgIpc) is 2.87. The number of nitrogens with zero attached hydrogens (tertiary/aromatic N) is 2. The number of ether oxygens (including phenoxy) is 1. The topological polar surface area (TPSA) is 68.7 Å². The molecule has 2 rings (SSSR count). The van der Waals surface area contributed by atoms with E-state index < -0.39 is 10.0 Å². The maximum atomic E-state index is 12.2. The fraction of sp³-hybridized carbons (Fsp3) is 0.417. The first-order chi connectivity index (χ1) is 9.54. The molecule has 1 aromatic rings. The normalized spacial score (nSPS) is 19.4. The van der Waals surface area contributed by atoms with E-state index in [9.17, 15) is 8.42 Å². The third-order valence-corrected chi connectivity index (χ3v) is 4.37. The molecule has 0 amide bonds. The van der Waals surface area contributed by atoms with Gasteiger partial charge in [0.15, 0.2) is 5.03 Å². The lowest BCUT2D eigenvalue weighted by atomic mass is 10.5. The molecule has 0 saturated carbocycles. The molecule has 20 heavy (non-hydrogen) atoms. The van der Waals surface area contributed by atoms with Gasteiger partial charge in [0.1, 0.15) is 12.4 Å². The molecule has 1 fully saturated rings. The lowest BCUT2D eigenvalue weighted by Crippen LogP contribution is -2.28. The standard InChI is InChI=1S/C12H14N2O4S2/c1-2-3-6-17-10-4-5-12(13-7-10)20(15,16)14-8-11(19)9-18-14/h4-5,7,11,19H,6,8-9H2,1H3. The molecule has 1 atom stereocenters. The molecule has 108 valence electrons. The second-order valence-electron chi connectivity index (χ2n) is 3.99. The number of hydrogen-bond donors (Lipinski definition) is 1. The summed E-state index contributed by atoms with van der Waals surface area (Å²) in [7, 11) is -3.75. The molecule has 1 unspecified atom stereocenters.